The molecular formula is C30H39N7O2. The van der Waals surface area contributed by atoms with Crippen LogP contribution in [0.25, 0.3) is 0 Å². The molecule has 1 aliphatic heterocycles. The number of H-pyrrole nitrogens is 1. The van der Waals surface area contributed by atoms with Crippen LogP contribution in [0.3, 0.4) is 0 Å². The minimum absolute atomic E-state index is 0.00864. The first kappa shape index (κ1) is 26.7. The number of urea groups is 1. The average molecular weight is 530 g/mol. The van der Waals surface area contributed by atoms with Crippen molar-refractivity contribution in [3.63, 3.8) is 0 Å². The van der Waals surface area contributed by atoms with E-state index in [0.29, 0.717) is 11.4 Å². The molecule has 3 amide bonds. The molecule has 0 spiro atoms. The quantitative estimate of drug-likeness (QED) is 0.347. The van der Waals surface area contributed by atoms with Gasteiger partial charge in [-0.3, -0.25) is 9.89 Å². The molecule has 1 saturated carbocycles. The van der Waals surface area contributed by atoms with E-state index in [0.717, 1.165) is 67.2 Å². The van der Waals surface area contributed by atoms with Crippen molar-refractivity contribution in [3.05, 3.63) is 70.9 Å². The molecule has 206 valence electrons. The van der Waals surface area contributed by atoms with E-state index in [4.69, 9.17) is 0 Å². The van der Waals surface area contributed by atoms with Crippen LogP contribution in [-0.2, 0) is 0 Å². The summed E-state index contributed by atoms with van der Waals surface area (Å²) in [4.78, 5) is 30.0. The lowest BCUT2D eigenvalue weighted by Gasteiger charge is -2.34. The lowest BCUT2D eigenvalue weighted by Crippen LogP contribution is -2.44. The maximum absolute atomic E-state index is 12.9. The highest BCUT2D eigenvalue weighted by molar-refractivity contribution is 6.04. The SMILES string of the molecule is Cc1ccc(NC(=O)NC2CCCC2)cc1C(C)c1cc(NC(=O)c2ccc(N3CCN(C)CC3)cc2)n[nH]1. The Kier molecular flexibility index (Phi) is 8.16. The largest absolute Gasteiger partial charge is 0.369 e. The van der Waals surface area contributed by atoms with Gasteiger partial charge in [0, 0.05) is 66.8 Å². The molecule has 2 heterocycles. The third-order valence-corrected chi connectivity index (χ3v) is 8.00. The Balaban J connectivity index is 1.20. The molecule has 5 rings (SSSR count). The van der Waals surface area contributed by atoms with Gasteiger partial charge in [0.2, 0.25) is 0 Å². The van der Waals surface area contributed by atoms with Crippen molar-refractivity contribution in [2.24, 2.45) is 0 Å². The molecule has 4 N–H and O–H groups in total. The number of amides is 3. The van der Waals surface area contributed by atoms with Gasteiger partial charge in [0.1, 0.15) is 0 Å². The number of nitrogens with one attached hydrogen (secondary N) is 4. The molecule has 1 saturated heterocycles. The van der Waals surface area contributed by atoms with E-state index in [-0.39, 0.29) is 23.9 Å². The summed E-state index contributed by atoms with van der Waals surface area (Å²) in [5, 5.41) is 16.4. The number of carbonyl (C=O) groups excluding carboxylic acids is 2. The summed E-state index contributed by atoms with van der Waals surface area (Å²) >= 11 is 0. The van der Waals surface area contributed by atoms with E-state index < -0.39 is 0 Å². The fourth-order valence-electron chi connectivity index (χ4n) is 5.47. The van der Waals surface area contributed by atoms with E-state index in [2.05, 4.69) is 56.8 Å². The normalized spacial score (nSPS) is 17.2. The van der Waals surface area contributed by atoms with E-state index in [1.54, 1.807) is 0 Å². The van der Waals surface area contributed by atoms with Crippen LogP contribution in [-0.4, -0.2) is 66.3 Å². The molecule has 9 heteroatoms. The molecule has 1 aromatic heterocycles. The van der Waals surface area contributed by atoms with Crippen molar-refractivity contribution in [3.8, 4) is 0 Å². The van der Waals surface area contributed by atoms with Crippen molar-refractivity contribution in [1.29, 1.82) is 0 Å². The molecule has 1 aliphatic carbocycles. The predicted molar refractivity (Wildman–Crippen MR) is 156 cm³/mol. The molecule has 2 aliphatic rings. The molecule has 0 bridgehead atoms. The molecule has 1 atom stereocenters. The molecule has 3 aromatic rings. The van der Waals surface area contributed by atoms with E-state index >= 15 is 0 Å². The van der Waals surface area contributed by atoms with E-state index in [1.165, 1.54) is 12.8 Å². The van der Waals surface area contributed by atoms with Crippen LogP contribution in [0, 0.1) is 6.92 Å². The zero-order chi connectivity index (χ0) is 27.4. The Bertz CT molecular complexity index is 1290. The van der Waals surface area contributed by atoms with Gasteiger partial charge in [-0.15, -0.1) is 0 Å². The summed E-state index contributed by atoms with van der Waals surface area (Å²) in [5.41, 5.74) is 5.56. The fourth-order valence-corrected chi connectivity index (χ4v) is 5.47. The van der Waals surface area contributed by atoms with Gasteiger partial charge in [-0.05, 0) is 74.3 Å². The monoisotopic (exact) mass is 529 g/mol. The maximum atomic E-state index is 12.9. The topological polar surface area (TPSA) is 105 Å². The first-order valence-electron chi connectivity index (χ1n) is 13.9. The third-order valence-electron chi connectivity index (χ3n) is 8.00. The number of piperazine rings is 1. The van der Waals surface area contributed by atoms with Crippen LogP contribution < -0.4 is 20.9 Å². The zero-order valence-corrected chi connectivity index (χ0v) is 23.1. The molecule has 2 fully saturated rings. The van der Waals surface area contributed by atoms with Gasteiger partial charge in [0.15, 0.2) is 5.82 Å². The summed E-state index contributed by atoms with van der Waals surface area (Å²) in [5.74, 6) is 0.278. The highest BCUT2D eigenvalue weighted by Crippen LogP contribution is 2.29. The lowest BCUT2D eigenvalue weighted by molar-refractivity contribution is 0.102. The maximum Gasteiger partial charge on any atom is 0.319 e. The second-order valence-corrected chi connectivity index (χ2v) is 10.9. The van der Waals surface area contributed by atoms with E-state index in [9.17, 15) is 9.59 Å². The number of anilines is 3. The van der Waals surface area contributed by atoms with Crippen LogP contribution in [0.1, 0.15) is 65.7 Å². The molecule has 2 aromatic carbocycles. The number of aryl methyl sites for hydroxylation is 1. The number of hydrogen-bond donors (Lipinski definition) is 4. The second kappa shape index (κ2) is 11.9. The summed E-state index contributed by atoms with van der Waals surface area (Å²) < 4.78 is 0. The zero-order valence-electron chi connectivity index (χ0n) is 23.1. The van der Waals surface area contributed by atoms with Crippen molar-refractivity contribution in [1.82, 2.24) is 20.4 Å². The third kappa shape index (κ3) is 6.60. The van der Waals surface area contributed by atoms with Crippen molar-refractivity contribution < 1.29 is 9.59 Å². The number of likely N-dealkylation sites (N-methyl/N-ethyl adjacent to an activating group) is 1. The number of carbonyl (C=O) groups is 2. The van der Waals surface area contributed by atoms with Gasteiger partial charge in [0.25, 0.3) is 5.91 Å². The molecule has 1 unspecified atom stereocenters. The highest BCUT2D eigenvalue weighted by atomic mass is 16.2. The van der Waals surface area contributed by atoms with E-state index in [1.807, 2.05) is 48.5 Å². The molecular weight excluding hydrogens is 490 g/mol. The number of benzene rings is 2. The Morgan fingerprint density at radius 1 is 0.974 bits per heavy atom. The Morgan fingerprint density at radius 3 is 2.41 bits per heavy atom. The Hall–Kier alpha value is -3.85. The predicted octanol–water partition coefficient (Wildman–Crippen LogP) is 4.94. The summed E-state index contributed by atoms with van der Waals surface area (Å²) in [7, 11) is 2.14. The average Bonchev–Trinajstić information content (AvgIpc) is 3.62. The standard InChI is InChI=1S/C30H39N7O2/c1-20-8-11-24(32-30(39)31-23-6-4-5-7-23)18-26(20)21(2)27-19-28(35-34-27)33-29(38)22-9-12-25(13-10-22)37-16-14-36(3)15-17-37/h8-13,18-19,21,23H,4-7,14-17H2,1-3H3,(H2,31,32,39)(H2,33,34,35,38). The number of nitrogens with zero attached hydrogens (tertiary/aromatic N) is 3. The fraction of sp³-hybridized carbons (Fsp3) is 0.433. The lowest BCUT2D eigenvalue weighted by atomic mass is 9.93. The smallest absolute Gasteiger partial charge is 0.319 e. The van der Waals surface area contributed by atoms with Crippen LogP contribution in [0.2, 0.25) is 0 Å². The van der Waals surface area contributed by atoms with Gasteiger partial charge >= 0.3 is 6.03 Å². The summed E-state index contributed by atoms with van der Waals surface area (Å²) in [6.07, 6.45) is 4.44. The van der Waals surface area contributed by atoms with Gasteiger partial charge in [-0.2, -0.15) is 5.10 Å². The van der Waals surface area contributed by atoms with Crippen LogP contribution in [0.5, 0.6) is 0 Å². The number of aromatic nitrogens is 2. The number of rotatable bonds is 7. The molecule has 9 nitrogen and oxygen atoms in total. The second-order valence-electron chi connectivity index (χ2n) is 10.9. The Labute approximate surface area is 230 Å². The highest BCUT2D eigenvalue weighted by Gasteiger charge is 2.19. The minimum Gasteiger partial charge on any atom is -0.369 e. The van der Waals surface area contributed by atoms with Gasteiger partial charge in [-0.1, -0.05) is 25.8 Å². The molecule has 39 heavy (non-hydrogen) atoms. The number of aromatic amines is 1. The van der Waals surface area contributed by atoms with Crippen molar-refractivity contribution in [2.45, 2.75) is 51.5 Å². The van der Waals surface area contributed by atoms with Gasteiger partial charge in [-0.25, -0.2) is 4.79 Å². The van der Waals surface area contributed by atoms with Crippen molar-refractivity contribution in [2.75, 3.05) is 48.8 Å². The van der Waals surface area contributed by atoms with Crippen LogP contribution >= 0.6 is 0 Å². The minimum atomic E-state index is -0.193. The summed E-state index contributed by atoms with van der Waals surface area (Å²) in [6.45, 7) is 8.20. The van der Waals surface area contributed by atoms with Crippen LogP contribution in [0.15, 0.2) is 48.5 Å². The van der Waals surface area contributed by atoms with Gasteiger partial charge < -0.3 is 25.8 Å². The van der Waals surface area contributed by atoms with Crippen LogP contribution in [0.4, 0.5) is 22.0 Å². The Morgan fingerprint density at radius 2 is 1.69 bits per heavy atom. The first-order chi connectivity index (χ1) is 18.9. The van der Waals surface area contributed by atoms with Gasteiger partial charge in [0.05, 0.1) is 0 Å². The summed E-state index contributed by atoms with van der Waals surface area (Å²) in [6, 6.07) is 15.7. The van der Waals surface area contributed by atoms with Crippen molar-refractivity contribution >= 4 is 29.1 Å². The first-order valence-corrected chi connectivity index (χ1v) is 13.9. The number of hydrogen-bond acceptors (Lipinski definition) is 5. The molecule has 0 radical (unpaired) electrons.